The molecule has 1 unspecified atom stereocenters. The monoisotopic (exact) mass is 1010 g/mol. The lowest BCUT2D eigenvalue weighted by Gasteiger charge is -2.37. The van der Waals surface area contributed by atoms with Crippen LogP contribution in [0.1, 0.15) is 75.2 Å². The van der Waals surface area contributed by atoms with E-state index in [1.54, 1.807) is 65.3 Å². The zero-order chi connectivity index (χ0) is 50.4. The predicted molar refractivity (Wildman–Crippen MR) is 252 cm³/mol. The first-order valence-electron chi connectivity index (χ1n) is 22.1. The van der Waals surface area contributed by atoms with Gasteiger partial charge in [0.15, 0.2) is 0 Å². The highest BCUT2D eigenvalue weighted by Crippen LogP contribution is 2.50. The number of phosphoric ester groups is 1. The summed E-state index contributed by atoms with van der Waals surface area (Å²) in [4.78, 5) is 80.7. The molecule has 2 aliphatic heterocycles. The van der Waals surface area contributed by atoms with Gasteiger partial charge in [0, 0.05) is 37.7 Å². The summed E-state index contributed by atoms with van der Waals surface area (Å²) in [7, 11) is -1.97. The molecule has 4 heterocycles. The second-order valence-electron chi connectivity index (χ2n) is 17.5. The van der Waals surface area contributed by atoms with Crippen molar-refractivity contribution in [3.05, 3.63) is 151 Å². The Morgan fingerprint density at radius 2 is 1.40 bits per heavy atom. The summed E-state index contributed by atoms with van der Waals surface area (Å²) in [6, 6.07) is 25.6. The van der Waals surface area contributed by atoms with E-state index < -0.39 is 91.2 Å². The summed E-state index contributed by atoms with van der Waals surface area (Å²) in [6.07, 6.45) is -4.24. The number of nitrogens with zero attached hydrogens (tertiary/aromatic N) is 3. The van der Waals surface area contributed by atoms with Crippen LogP contribution in [-0.4, -0.2) is 93.7 Å². The fraction of sp³-hybridized carbons (Fsp3) is 0.417. The van der Waals surface area contributed by atoms with E-state index >= 15 is 0 Å². The second-order valence-corrected chi connectivity index (χ2v) is 19.8. The Morgan fingerprint density at radius 3 is 1.97 bits per heavy atom. The molecule has 20 nitrogen and oxygen atoms in total. The van der Waals surface area contributed by atoms with Crippen molar-refractivity contribution in [2.45, 2.75) is 95.0 Å². The number of aromatic nitrogens is 4. The van der Waals surface area contributed by atoms with E-state index in [1.165, 1.54) is 30.8 Å². The van der Waals surface area contributed by atoms with Crippen LogP contribution >= 0.6 is 19.6 Å². The van der Waals surface area contributed by atoms with Crippen LogP contribution < -0.4 is 26.4 Å². The number of hydrogen-bond donors (Lipinski definition) is 2. The maximum Gasteiger partial charge on any atom is 0.472 e. The molecule has 0 spiro atoms. The standard InChI is InChI=1S/C48H55N4O16PS/c1-29-25-52(46(57)50-43(29)54)42-23-36(65-30(2)53)39(67-42)27-64-69(58,59)68-37-24-41(51-22-21-40(49-45(51)56)70-28-62-44(55)47(3,4)5)66-38(37)26-63-48(31-11-9-8-10-12-31,32-13-17-34(60-6)18-14-32)33-15-19-35(61-7)20-16-33/h8-22,25,36-39,41-42H,23-24,26-28H2,1-7H3,(H,58,59)(H,50,54,57)/t36-,37-,38+,39+,41+,42+/m0/s1. The first kappa shape index (κ1) is 51.9. The highest BCUT2D eigenvalue weighted by atomic mass is 32.2. The van der Waals surface area contributed by atoms with Gasteiger partial charge in [-0.2, -0.15) is 4.98 Å². The van der Waals surface area contributed by atoms with Gasteiger partial charge in [-0.15, -0.1) is 0 Å². The van der Waals surface area contributed by atoms with Crippen molar-refractivity contribution in [1.29, 1.82) is 0 Å². The van der Waals surface area contributed by atoms with Gasteiger partial charge < -0.3 is 38.1 Å². The third-order valence-corrected chi connectivity index (χ3v) is 13.3. The molecule has 0 bridgehead atoms. The highest BCUT2D eigenvalue weighted by molar-refractivity contribution is 7.99. The van der Waals surface area contributed by atoms with Crippen molar-refractivity contribution in [3.63, 3.8) is 0 Å². The van der Waals surface area contributed by atoms with Crippen molar-refractivity contribution in [1.82, 2.24) is 19.1 Å². The minimum Gasteiger partial charge on any atom is -0.497 e. The number of carbonyl (C=O) groups excluding carboxylic acids is 2. The molecule has 7 atom stereocenters. The van der Waals surface area contributed by atoms with Crippen LogP contribution in [0.3, 0.4) is 0 Å². The number of aryl methyl sites for hydroxylation is 1. The van der Waals surface area contributed by atoms with E-state index in [-0.39, 0.29) is 36.0 Å². The third-order valence-electron chi connectivity index (χ3n) is 11.6. The Morgan fingerprint density at radius 1 is 0.829 bits per heavy atom. The molecule has 2 N–H and O–H groups in total. The fourth-order valence-corrected chi connectivity index (χ4v) is 9.54. The van der Waals surface area contributed by atoms with E-state index in [9.17, 15) is 33.4 Å². The molecule has 0 radical (unpaired) electrons. The van der Waals surface area contributed by atoms with Crippen molar-refractivity contribution in [3.8, 4) is 11.5 Å². The first-order valence-corrected chi connectivity index (χ1v) is 24.6. The van der Waals surface area contributed by atoms with Crippen LogP contribution in [0.15, 0.2) is 117 Å². The van der Waals surface area contributed by atoms with E-state index in [0.717, 1.165) is 16.3 Å². The minimum atomic E-state index is -5.08. The number of nitrogens with one attached hydrogen (secondary N) is 1. The Kier molecular flexibility index (Phi) is 16.3. The van der Waals surface area contributed by atoms with Crippen molar-refractivity contribution in [2.24, 2.45) is 5.41 Å². The Labute approximate surface area is 406 Å². The molecule has 0 amide bonds. The summed E-state index contributed by atoms with van der Waals surface area (Å²) < 4.78 is 69.2. The Bertz CT molecular complexity index is 2800. The third kappa shape index (κ3) is 12.2. The lowest BCUT2D eigenvalue weighted by molar-refractivity contribution is -0.151. The number of ether oxygens (including phenoxy) is 7. The molecule has 374 valence electrons. The normalized spacial score (nSPS) is 21.2. The fourth-order valence-electron chi connectivity index (χ4n) is 8.00. The van der Waals surface area contributed by atoms with Gasteiger partial charge >= 0.3 is 31.1 Å². The van der Waals surface area contributed by atoms with E-state index in [0.29, 0.717) is 28.2 Å². The van der Waals surface area contributed by atoms with Gasteiger partial charge in [0.2, 0.25) is 0 Å². The number of aromatic amines is 1. The summed E-state index contributed by atoms with van der Waals surface area (Å²) in [6.45, 7) is 6.91. The summed E-state index contributed by atoms with van der Waals surface area (Å²) in [5.74, 6) is 0.0119. The average molecular weight is 1010 g/mol. The van der Waals surface area contributed by atoms with Crippen LogP contribution in [0.5, 0.6) is 11.5 Å². The smallest absolute Gasteiger partial charge is 0.472 e. The van der Waals surface area contributed by atoms with Crippen LogP contribution in [0.25, 0.3) is 0 Å². The topological polar surface area (TPSA) is 244 Å². The number of H-pyrrole nitrogens is 1. The van der Waals surface area contributed by atoms with Crippen molar-refractivity contribution < 1.29 is 61.3 Å². The number of rotatable bonds is 19. The molecule has 0 saturated carbocycles. The van der Waals surface area contributed by atoms with Crippen LogP contribution in [0.4, 0.5) is 0 Å². The largest absolute Gasteiger partial charge is 0.497 e. The van der Waals surface area contributed by atoms with Crippen molar-refractivity contribution in [2.75, 3.05) is 33.4 Å². The minimum absolute atomic E-state index is 0.0547. The number of methoxy groups -OCH3 is 2. The quantitative estimate of drug-likeness (QED) is 0.0249. The van der Waals surface area contributed by atoms with Gasteiger partial charge in [-0.05, 0) is 74.7 Å². The number of hydrogen-bond acceptors (Lipinski definition) is 17. The van der Waals surface area contributed by atoms with Crippen LogP contribution in [0, 0.1) is 12.3 Å². The summed E-state index contributed by atoms with van der Waals surface area (Å²) in [5, 5.41) is 0.275. The molecule has 22 heteroatoms. The van der Waals surface area contributed by atoms with Gasteiger partial charge in [-0.1, -0.05) is 66.4 Å². The zero-order valence-electron chi connectivity index (χ0n) is 39.5. The number of esters is 2. The molecule has 7 rings (SSSR count). The summed E-state index contributed by atoms with van der Waals surface area (Å²) >= 11 is 1.04. The number of phosphoric acid groups is 1. The first-order chi connectivity index (χ1) is 33.3. The van der Waals surface area contributed by atoms with E-state index in [2.05, 4.69) is 9.97 Å². The maximum atomic E-state index is 14.1. The van der Waals surface area contributed by atoms with Crippen LogP contribution in [-0.2, 0) is 52.5 Å². The molecule has 5 aromatic rings. The zero-order valence-corrected chi connectivity index (χ0v) is 41.2. The lowest BCUT2D eigenvalue weighted by atomic mass is 9.80. The van der Waals surface area contributed by atoms with Gasteiger partial charge in [0.25, 0.3) is 5.56 Å². The van der Waals surface area contributed by atoms with Gasteiger partial charge in [0.05, 0.1) is 32.8 Å². The molecular weight excluding hydrogens is 952 g/mol. The molecular formula is C48H55N4O16PS. The summed E-state index contributed by atoms with van der Waals surface area (Å²) in [5.41, 5.74) is -1.86. The lowest BCUT2D eigenvalue weighted by Crippen LogP contribution is -2.38. The van der Waals surface area contributed by atoms with Gasteiger partial charge in [0.1, 0.15) is 64.9 Å². The molecule has 2 fully saturated rings. The van der Waals surface area contributed by atoms with Crippen LogP contribution in [0.2, 0.25) is 0 Å². The molecule has 0 aliphatic carbocycles. The molecule has 2 aliphatic rings. The van der Waals surface area contributed by atoms with Gasteiger partial charge in [-0.3, -0.25) is 37.5 Å². The predicted octanol–water partition coefficient (Wildman–Crippen LogP) is 5.78. The molecule has 2 saturated heterocycles. The number of thioether (sulfide) groups is 1. The maximum absolute atomic E-state index is 14.1. The number of benzene rings is 3. The highest BCUT2D eigenvalue weighted by Gasteiger charge is 2.47. The SMILES string of the molecule is COc1ccc(C(OC[C@H]2O[C@@H](n3ccc(SCOC(=O)C(C)(C)C)nc3=O)C[C@@H]2OP(=O)(O)OC[C@H]2O[C@@H](n3cc(C)c(=O)[nH]c3=O)C[C@@H]2OC(C)=O)(c2ccccc2)c2ccc(OC)cc2)cc1. The Balaban J connectivity index is 1.19. The van der Waals surface area contributed by atoms with Gasteiger partial charge in [-0.25, -0.2) is 14.2 Å². The molecule has 3 aromatic carbocycles. The average Bonchev–Trinajstić information content (AvgIpc) is 3.92. The second kappa shape index (κ2) is 22.0. The number of carbonyl (C=O) groups is 2. The molecule has 70 heavy (non-hydrogen) atoms. The van der Waals surface area contributed by atoms with E-state index in [1.807, 2.05) is 54.6 Å². The van der Waals surface area contributed by atoms with Crippen molar-refractivity contribution >= 4 is 31.5 Å². The Hall–Kier alpha value is -5.90. The molecule has 2 aromatic heterocycles. The van der Waals surface area contributed by atoms with E-state index in [4.69, 9.17) is 42.2 Å².